The average molecular weight is 382 g/mol. The van der Waals surface area contributed by atoms with Crippen LogP contribution in [-0.4, -0.2) is 20.7 Å². The molecule has 28 heavy (non-hydrogen) atoms. The second-order valence-corrected chi connectivity index (χ2v) is 6.50. The standard InChI is InChI=1S/C20H16F2N4O2/c1-10-6-16-19(28-11(2)24-16)7-12(10)18-8-17(20(23)27)25-26(18)9-13-14(21)4-3-5-15(13)22/h3-8H,9H2,1-2H3,(H2,23,27). The summed E-state index contributed by atoms with van der Waals surface area (Å²) in [6.45, 7) is 3.41. The molecule has 4 rings (SSSR count). The molecule has 0 saturated heterocycles. The third-order valence-electron chi connectivity index (χ3n) is 4.52. The molecule has 2 aromatic carbocycles. The van der Waals surface area contributed by atoms with Crippen LogP contribution < -0.4 is 5.73 Å². The predicted molar refractivity (Wildman–Crippen MR) is 98.7 cm³/mol. The molecule has 2 aromatic heterocycles. The van der Waals surface area contributed by atoms with E-state index in [2.05, 4.69) is 10.1 Å². The van der Waals surface area contributed by atoms with E-state index in [1.165, 1.54) is 28.9 Å². The van der Waals surface area contributed by atoms with Gasteiger partial charge in [-0.2, -0.15) is 5.10 Å². The van der Waals surface area contributed by atoms with Crippen molar-refractivity contribution in [1.29, 1.82) is 0 Å². The van der Waals surface area contributed by atoms with Crippen molar-refractivity contribution in [1.82, 2.24) is 14.8 Å². The number of aryl methyl sites for hydroxylation is 2. The van der Waals surface area contributed by atoms with Crippen molar-refractivity contribution in [2.45, 2.75) is 20.4 Å². The summed E-state index contributed by atoms with van der Waals surface area (Å²) in [5, 5.41) is 4.15. The first-order valence-corrected chi connectivity index (χ1v) is 8.52. The van der Waals surface area contributed by atoms with E-state index in [9.17, 15) is 13.6 Å². The Bertz CT molecular complexity index is 1210. The molecule has 0 unspecified atom stereocenters. The van der Waals surface area contributed by atoms with Gasteiger partial charge >= 0.3 is 0 Å². The minimum Gasteiger partial charge on any atom is -0.441 e. The van der Waals surface area contributed by atoms with Gasteiger partial charge in [0, 0.05) is 18.1 Å². The highest BCUT2D eigenvalue weighted by atomic mass is 19.1. The van der Waals surface area contributed by atoms with Crippen LogP contribution in [-0.2, 0) is 6.54 Å². The van der Waals surface area contributed by atoms with Crippen molar-refractivity contribution in [2.24, 2.45) is 5.73 Å². The first-order chi connectivity index (χ1) is 13.3. The Hall–Kier alpha value is -3.55. The fraction of sp³-hybridized carbons (Fsp3) is 0.150. The minimum absolute atomic E-state index is 0.00000478. The third-order valence-corrected chi connectivity index (χ3v) is 4.52. The van der Waals surface area contributed by atoms with Gasteiger partial charge in [0.2, 0.25) is 0 Å². The summed E-state index contributed by atoms with van der Waals surface area (Å²) < 4.78 is 35.2. The molecule has 0 aliphatic carbocycles. The van der Waals surface area contributed by atoms with Crippen molar-refractivity contribution < 1.29 is 18.0 Å². The molecular weight excluding hydrogens is 366 g/mol. The fourth-order valence-electron chi connectivity index (χ4n) is 3.18. The van der Waals surface area contributed by atoms with Crippen LogP contribution in [0.3, 0.4) is 0 Å². The molecule has 142 valence electrons. The molecule has 0 spiro atoms. The smallest absolute Gasteiger partial charge is 0.269 e. The van der Waals surface area contributed by atoms with E-state index in [-0.39, 0.29) is 17.8 Å². The number of fused-ring (bicyclic) bond motifs is 1. The summed E-state index contributed by atoms with van der Waals surface area (Å²) in [6.07, 6.45) is 0. The first-order valence-electron chi connectivity index (χ1n) is 8.52. The number of primary amides is 1. The van der Waals surface area contributed by atoms with E-state index in [0.717, 1.165) is 5.56 Å². The second kappa shape index (κ2) is 6.56. The number of carbonyl (C=O) groups is 1. The lowest BCUT2D eigenvalue weighted by Crippen LogP contribution is -2.13. The van der Waals surface area contributed by atoms with Gasteiger partial charge in [0.05, 0.1) is 12.2 Å². The normalized spacial score (nSPS) is 11.3. The number of nitrogens with zero attached hydrogens (tertiary/aromatic N) is 3. The van der Waals surface area contributed by atoms with Crippen molar-refractivity contribution in [3.05, 3.63) is 70.7 Å². The van der Waals surface area contributed by atoms with Crippen molar-refractivity contribution in [2.75, 3.05) is 0 Å². The molecule has 0 fully saturated rings. The van der Waals surface area contributed by atoms with E-state index in [4.69, 9.17) is 10.2 Å². The molecular formula is C20H16F2N4O2. The van der Waals surface area contributed by atoms with Crippen LogP contribution in [0.2, 0.25) is 0 Å². The number of halogens is 2. The van der Waals surface area contributed by atoms with Gasteiger partial charge in [-0.25, -0.2) is 13.8 Å². The molecule has 6 nitrogen and oxygen atoms in total. The highest BCUT2D eigenvalue weighted by molar-refractivity contribution is 5.92. The van der Waals surface area contributed by atoms with Crippen LogP contribution in [0, 0.1) is 25.5 Å². The van der Waals surface area contributed by atoms with Crippen LogP contribution in [0.5, 0.6) is 0 Å². The quantitative estimate of drug-likeness (QED) is 0.583. The number of hydrogen-bond donors (Lipinski definition) is 1. The lowest BCUT2D eigenvalue weighted by atomic mass is 10.0. The lowest BCUT2D eigenvalue weighted by Gasteiger charge is -2.11. The van der Waals surface area contributed by atoms with Gasteiger partial charge in [0.15, 0.2) is 17.2 Å². The molecule has 0 radical (unpaired) electrons. The van der Waals surface area contributed by atoms with Gasteiger partial charge < -0.3 is 10.2 Å². The number of rotatable bonds is 4. The zero-order valence-corrected chi connectivity index (χ0v) is 15.2. The molecule has 0 atom stereocenters. The molecule has 0 saturated carbocycles. The zero-order chi connectivity index (χ0) is 20.0. The Morgan fingerprint density at radius 3 is 2.57 bits per heavy atom. The summed E-state index contributed by atoms with van der Waals surface area (Å²) in [4.78, 5) is 15.9. The SMILES string of the molecule is Cc1nc2cc(C)c(-c3cc(C(N)=O)nn3Cc3c(F)cccc3F)cc2o1. The van der Waals surface area contributed by atoms with Gasteiger partial charge in [-0.3, -0.25) is 9.48 Å². The highest BCUT2D eigenvalue weighted by Gasteiger charge is 2.19. The number of oxazole rings is 1. The summed E-state index contributed by atoms with van der Waals surface area (Å²) in [6, 6.07) is 8.74. The third kappa shape index (κ3) is 3.02. The predicted octanol–water partition coefficient (Wildman–Crippen LogP) is 3.73. The molecule has 8 heteroatoms. The Morgan fingerprint density at radius 1 is 1.18 bits per heavy atom. The maximum absolute atomic E-state index is 14.1. The van der Waals surface area contributed by atoms with Crippen LogP contribution in [0.25, 0.3) is 22.4 Å². The molecule has 4 aromatic rings. The summed E-state index contributed by atoms with van der Waals surface area (Å²) in [5.41, 5.74) is 8.49. The van der Waals surface area contributed by atoms with E-state index in [0.29, 0.717) is 28.2 Å². The largest absolute Gasteiger partial charge is 0.441 e. The molecule has 2 N–H and O–H groups in total. The number of aromatic nitrogens is 3. The number of amides is 1. The van der Waals surface area contributed by atoms with Crippen LogP contribution in [0.15, 0.2) is 40.8 Å². The van der Waals surface area contributed by atoms with Gasteiger partial charge in [-0.15, -0.1) is 0 Å². The topological polar surface area (TPSA) is 86.9 Å². The molecule has 1 amide bonds. The van der Waals surface area contributed by atoms with Crippen molar-refractivity contribution >= 4 is 17.0 Å². The minimum atomic E-state index is -0.733. The van der Waals surface area contributed by atoms with Gasteiger partial charge in [-0.05, 0) is 42.8 Å². The summed E-state index contributed by atoms with van der Waals surface area (Å²) in [5.74, 6) is -1.60. The molecule has 0 aliphatic rings. The Labute approximate surface area is 158 Å². The second-order valence-electron chi connectivity index (χ2n) is 6.50. The molecule has 2 heterocycles. The van der Waals surface area contributed by atoms with Crippen molar-refractivity contribution in [3.63, 3.8) is 0 Å². The van der Waals surface area contributed by atoms with E-state index >= 15 is 0 Å². The summed E-state index contributed by atoms with van der Waals surface area (Å²) in [7, 11) is 0. The molecule has 0 aliphatic heterocycles. The Morgan fingerprint density at radius 2 is 1.89 bits per heavy atom. The Balaban J connectivity index is 1.89. The summed E-state index contributed by atoms with van der Waals surface area (Å²) >= 11 is 0. The lowest BCUT2D eigenvalue weighted by molar-refractivity contribution is 0.0995. The number of benzene rings is 2. The highest BCUT2D eigenvalue weighted by Crippen LogP contribution is 2.30. The van der Waals surface area contributed by atoms with Crippen LogP contribution in [0.4, 0.5) is 8.78 Å². The fourth-order valence-corrected chi connectivity index (χ4v) is 3.18. The van der Waals surface area contributed by atoms with Crippen LogP contribution >= 0.6 is 0 Å². The van der Waals surface area contributed by atoms with E-state index in [1.54, 1.807) is 13.0 Å². The zero-order valence-electron chi connectivity index (χ0n) is 15.2. The maximum Gasteiger partial charge on any atom is 0.269 e. The van der Waals surface area contributed by atoms with Crippen LogP contribution in [0.1, 0.15) is 27.5 Å². The van der Waals surface area contributed by atoms with Gasteiger partial charge in [0.25, 0.3) is 5.91 Å². The van der Waals surface area contributed by atoms with Gasteiger partial charge in [-0.1, -0.05) is 6.07 Å². The number of carbonyl (C=O) groups excluding carboxylic acids is 1. The van der Waals surface area contributed by atoms with E-state index in [1.807, 2.05) is 13.0 Å². The molecule has 0 bridgehead atoms. The number of nitrogens with two attached hydrogens (primary N) is 1. The Kier molecular flexibility index (Phi) is 4.18. The van der Waals surface area contributed by atoms with Gasteiger partial charge in [0.1, 0.15) is 17.2 Å². The number of hydrogen-bond acceptors (Lipinski definition) is 4. The van der Waals surface area contributed by atoms with E-state index < -0.39 is 17.5 Å². The maximum atomic E-state index is 14.1. The monoisotopic (exact) mass is 382 g/mol. The van der Waals surface area contributed by atoms with Crippen molar-refractivity contribution in [3.8, 4) is 11.3 Å². The first kappa shape index (κ1) is 17.8. The average Bonchev–Trinajstić information content (AvgIpc) is 3.20.